The van der Waals surface area contributed by atoms with Crippen molar-refractivity contribution < 1.29 is 4.46 Å². The van der Waals surface area contributed by atoms with Crippen LogP contribution in [0.1, 0.15) is 34.6 Å². The monoisotopic (exact) mass is 244 g/mol. The van der Waals surface area contributed by atoms with Crippen LogP contribution in [0.15, 0.2) is 0 Å². The molecule has 0 heterocycles. The molecule has 0 aliphatic heterocycles. The van der Waals surface area contributed by atoms with E-state index >= 15 is 0 Å². The lowest BCUT2D eigenvalue weighted by molar-refractivity contribution is 0.283. The molecule has 0 aromatic heterocycles. The van der Waals surface area contributed by atoms with E-state index in [1.54, 1.807) is 0 Å². The molecule has 0 bridgehead atoms. The molecule has 0 aromatic carbocycles. The fourth-order valence-electron chi connectivity index (χ4n) is 1.85. The summed E-state index contributed by atoms with van der Waals surface area (Å²) in [6.45, 7) is 18.6. The molecule has 1 nitrogen and oxygen atoms in total. The van der Waals surface area contributed by atoms with E-state index in [9.17, 15) is 4.46 Å². The third-order valence-electron chi connectivity index (χ3n) is 4.60. The molecular weight excluding hydrogens is 216 g/mol. The van der Waals surface area contributed by atoms with Crippen LogP contribution in [-0.2, 0) is 4.46 Å². The molecule has 0 aromatic rings. The average molecular weight is 245 g/mol. The van der Waals surface area contributed by atoms with E-state index in [1.807, 2.05) is 6.92 Å². The van der Waals surface area contributed by atoms with Crippen LogP contribution < -0.4 is 0 Å². The Morgan fingerprint density at radius 1 is 1.07 bits per heavy atom. The maximum Gasteiger partial charge on any atom is 0.276 e. The van der Waals surface area contributed by atoms with Gasteiger partial charge in [-0.15, -0.1) is 0 Å². The first-order chi connectivity index (χ1) is 6.45. The first kappa shape index (κ1) is 15.2. The lowest BCUT2D eigenvalue weighted by Crippen LogP contribution is -2.45. The van der Waals surface area contributed by atoms with Crippen molar-refractivity contribution in [2.45, 2.75) is 71.4 Å². The highest BCUT2D eigenvalue weighted by molar-refractivity contribution is 6.79. The van der Waals surface area contributed by atoms with E-state index in [0.29, 0.717) is 5.04 Å². The maximum atomic E-state index is 11.8. The Bertz CT molecular complexity index is 236. The van der Waals surface area contributed by atoms with Crippen molar-refractivity contribution in [1.29, 1.82) is 0 Å². The lowest BCUT2D eigenvalue weighted by Gasteiger charge is -2.49. The van der Waals surface area contributed by atoms with Gasteiger partial charge in [0.2, 0.25) is 0 Å². The Morgan fingerprint density at radius 3 is 1.73 bits per heavy atom. The summed E-state index contributed by atoms with van der Waals surface area (Å²) in [5.41, 5.74) is 0.198. The van der Waals surface area contributed by atoms with Gasteiger partial charge >= 0.3 is 0 Å². The summed E-state index contributed by atoms with van der Waals surface area (Å²) in [4.78, 5) is 0. The topological polar surface area (TPSA) is 17.1 Å². The van der Waals surface area contributed by atoms with Crippen LogP contribution in [0.5, 0.6) is 0 Å². The van der Waals surface area contributed by atoms with Crippen LogP contribution in [-0.4, -0.2) is 16.8 Å². The molecule has 0 aliphatic rings. The highest BCUT2D eigenvalue weighted by atomic mass is 28.3. The van der Waals surface area contributed by atoms with Gasteiger partial charge in [-0.25, -0.2) is 0 Å². The lowest BCUT2D eigenvalue weighted by atomic mass is 9.82. The minimum atomic E-state index is -1.36. The third-order valence-corrected chi connectivity index (χ3v) is 11.1. The Balaban J connectivity index is 4.93. The van der Waals surface area contributed by atoms with E-state index in [0.717, 1.165) is 12.1 Å². The second-order valence-electron chi connectivity index (χ2n) is 6.83. The van der Waals surface area contributed by atoms with Gasteiger partial charge in [-0.05, 0) is 22.5 Å². The average Bonchev–Trinajstić information content (AvgIpc) is 2.00. The van der Waals surface area contributed by atoms with Crippen LogP contribution in [0, 0.1) is 5.41 Å². The quantitative estimate of drug-likeness (QED) is 0.647. The Labute approximate surface area is 98.3 Å². The zero-order valence-electron chi connectivity index (χ0n) is 11.8. The number of rotatable bonds is 5. The fraction of sp³-hybridized carbons (Fsp3) is 1.00. The van der Waals surface area contributed by atoms with Crippen molar-refractivity contribution in [3.05, 3.63) is 0 Å². The van der Waals surface area contributed by atoms with Gasteiger partial charge in [0.05, 0.1) is 8.07 Å². The molecular formula is C12H28OSi2. The largest absolute Gasteiger partial charge is 0.388 e. The molecule has 0 saturated heterocycles. The molecule has 0 amide bonds. The van der Waals surface area contributed by atoms with Gasteiger partial charge in [0.25, 0.3) is 8.68 Å². The molecule has 90 valence electrons. The van der Waals surface area contributed by atoms with Crippen molar-refractivity contribution in [1.82, 2.24) is 0 Å². The van der Waals surface area contributed by atoms with Gasteiger partial charge in [-0.3, -0.25) is 0 Å². The summed E-state index contributed by atoms with van der Waals surface area (Å²) in [5, 5.41) is 0.329. The number of hydrogen-bond acceptors (Lipinski definition) is 1. The second-order valence-corrected chi connectivity index (χ2v) is 14.7. The van der Waals surface area contributed by atoms with Crippen LogP contribution >= 0.6 is 0 Å². The molecule has 0 saturated carbocycles. The summed E-state index contributed by atoms with van der Waals surface area (Å²) >= 11 is 0. The molecule has 0 atom stereocenters. The normalized spacial score (nSPS) is 14.1. The maximum absolute atomic E-state index is 11.8. The minimum Gasteiger partial charge on any atom is -0.388 e. The summed E-state index contributed by atoms with van der Waals surface area (Å²) < 4.78 is 11.8. The van der Waals surface area contributed by atoms with Crippen molar-refractivity contribution >= 4 is 16.8 Å². The first-order valence-electron chi connectivity index (χ1n) is 5.97. The predicted octanol–water partition coefficient (Wildman–Crippen LogP) is 4.57. The molecule has 0 fully saturated rings. The van der Waals surface area contributed by atoms with Gasteiger partial charge in [0, 0.05) is 0 Å². The van der Waals surface area contributed by atoms with E-state index in [2.05, 4.69) is 47.3 Å². The molecule has 0 aliphatic carbocycles. The predicted molar refractivity (Wildman–Crippen MR) is 72.9 cm³/mol. The van der Waals surface area contributed by atoms with E-state index in [4.69, 9.17) is 0 Å². The van der Waals surface area contributed by atoms with E-state index in [-0.39, 0.29) is 5.41 Å². The summed E-state index contributed by atoms with van der Waals surface area (Å²) in [5.74, 6) is 0. The van der Waals surface area contributed by atoms with Crippen LogP contribution in [0.25, 0.3) is 0 Å². The van der Waals surface area contributed by atoms with Crippen molar-refractivity contribution in [3.8, 4) is 0 Å². The van der Waals surface area contributed by atoms with Crippen LogP contribution in [0.2, 0.25) is 36.8 Å². The molecule has 0 unspecified atom stereocenters. The Hall–Kier alpha value is 0.234. The summed E-state index contributed by atoms with van der Waals surface area (Å²) in [6.07, 6.45) is 0. The molecule has 0 N–H and O–H groups in total. The van der Waals surface area contributed by atoms with Crippen LogP contribution in [0.3, 0.4) is 0 Å². The van der Waals surface area contributed by atoms with Crippen molar-refractivity contribution in [2.75, 3.05) is 0 Å². The number of hydrogen-bond donors (Lipinski definition) is 0. The van der Waals surface area contributed by atoms with Gasteiger partial charge in [-0.2, -0.15) is 0 Å². The second kappa shape index (κ2) is 4.62. The third kappa shape index (κ3) is 3.35. The standard InChI is InChI=1S/C12H28OSi2/c1-9-14(13)10-11(2,3)12(4,5)15(6,7)8/h9-10H2,1-8H3. The Morgan fingerprint density at radius 2 is 1.47 bits per heavy atom. The first-order valence-corrected chi connectivity index (χ1v) is 11.3. The molecule has 3 heteroatoms. The van der Waals surface area contributed by atoms with E-state index in [1.165, 1.54) is 0 Å². The van der Waals surface area contributed by atoms with Gasteiger partial charge in [0.15, 0.2) is 0 Å². The smallest absolute Gasteiger partial charge is 0.276 e. The molecule has 15 heavy (non-hydrogen) atoms. The van der Waals surface area contributed by atoms with Crippen molar-refractivity contribution in [3.63, 3.8) is 0 Å². The van der Waals surface area contributed by atoms with Crippen molar-refractivity contribution in [2.24, 2.45) is 5.41 Å². The van der Waals surface area contributed by atoms with Gasteiger partial charge in [-0.1, -0.05) is 54.3 Å². The molecule has 0 radical (unpaired) electrons. The highest BCUT2D eigenvalue weighted by Crippen LogP contribution is 2.54. The minimum absolute atomic E-state index is 0.198. The fourth-order valence-corrected chi connectivity index (χ4v) is 5.83. The van der Waals surface area contributed by atoms with Gasteiger partial charge < -0.3 is 4.46 Å². The van der Waals surface area contributed by atoms with E-state index < -0.39 is 16.8 Å². The molecule has 0 rings (SSSR count). The zero-order chi connectivity index (χ0) is 12.5. The highest BCUT2D eigenvalue weighted by Gasteiger charge is 2.46. The SMILES string of the molecule is CC[Si](=O)CC(C)(C)C(C)(C)[Si](C)(C)C. The van der Waals surface area contributed by atoms with Gasteiger partial charge in [0.1, 0.15) is 0 Å². The zero-order valence-corrected chi connectivity index (χ0v) is 13.8. The van der Waals surface area contributed by atoms with Crippen LogP contribution in [0.4, 0.5) is 0 Å². The molecule has 0 spiro atoms. The Kier molecular flexibility index (Phi) is 4.69. The summed E-state index contributed by atoms with van der Waals surface area (Å²) in [6, 6.07) is 1.77. The summed E-state index contributed by atoms with van der Waals surface area (Å²) in [7, 11) is -2.58.